The summed E-state index contributed by atoms with van der Waals surface area (Å²) < 4.78 is 12.7. The van der Waals surface area contributed by atoms with Gasteiger partial charge in [-0.3, -0.25) is 0 Å². The van der Waals surface area contributed by atoms with E-state index in [-0.39, 0.29) is 5.82 Å². The quantitative estimate of drug-likeness (QED) is 0.559. The lowest BCUT2D eigenvalue weighted by atomic mass is 10.2. The van der Waals surface area contributed by atoms with Crippen LogP contribution in [0.5, 0.6) is 0 Å². The molecule has 0 spiro atoms. The molecule has 1 aromatic carbocycles. The van der Waals surface area contributed by atoms with Gasteiger partial charge in [-0.1, -0.05) is 6.07 Å². The van der Waals surface area contributed by atoms with Crippen molar-refractivity contribution in [3.8, 4) is 0 Å². The Labute approximate surface area is 59.9 Å². The molecule has 1 rings (SSSR count). The first-order chi connectivity index (χ1) is 4.74. The highest BCUT2D eigenvalue weighted by atomic mass is 19.1. The van der Waals surface area contributed by atoms with Crippen molar-refractivity contribution in [2.24, 2.45) is 0 Å². The van der Waals surface area contributed by atoms with Crippen molar-refractivity contribution in [1.82, 2.24) is 0 Å². The fraction of sp³-hybridized carbons (Fsp3) is 0.250. The van der Waals surface area contributed by atoms with E-state index in [1.807, 2.05) is 18.4 Å². The van der Waals surface area contributed by atoms with Crippen LogP contribution in [0.1, 0.15) is 5.56 Å². The van der Waals surface area contributed by atoms with Crippen LogP contribution in [0.25, 0.3) is 0 Å². The van der Waals surface area contributed by atoms with Gasteiger partial charge in [-0.2, -0.15) is 0 Å². The Morgan fingerprint density at radius 2 is 2.10 bits per heavy atom. The lowest BCUT2D eigenvalue weighted by Crippen LogP contribution is -2.72. The molecule has 0 saturated heterocycles. The molecule has 10 heavy (non-hydrogen) atoms. The Morgan fingerprint density at radius 1 is 1.40 bits per heavy atom. The van der Waals surface area contributed by atoms with Gasteiger partial charge in [0, 0.05) is 6.07 Å². The van der Waals surface area contributed by atoms with Crippen molar-refractivity contribution in [3.05, 3.63) is 29.6 Å². The van der Waals surface area contributed by atoms with Crippen molar-refractivity contribution >= 4 is 5.69 Å². The third-order valence-corrected chi connectivity index (χ3v) is 1.53. The zero-order valence-corrected chi connectivity index (χ0v) is 6.19. The molecule has 2 heteroatoms. The van der Waals surface area contributed by atoms with Gasteiger partial charge in [0.05, 0.1) is 7.05 Å². The molecular weight excluding hydrogens is 129 g/mol. The maximum atomic E-state index is 12.7. The predicted molar refractivity (Wildman–Crippen MR) is 38.6 cm³/mol. The zero-order chi connectivity index (χ0) is 7.56. The van der Waals surface area contributed by atoms with Gasteiger partial charge in [0.25, 0.3) is 0 Å². The third kappa shape index (κ3) is 1.33. The van der Waals surface area contributed by atoms with E-state index in [2.05, 4.69) is 0 Å². The summed E-state index contributed by atoms with van der Waals surface area (Å²) in [5.74, 6) is -0.129. The first kappa shape index (κ1) is 7.22. The van der Waals surface area contributed by atoms with E-state index < -0.39 is 0 Å². The van der Waals surface area contributed by atoms with Crippen LogP contribution in [0.15, 0.2) is 18.2 Å². The first-order valence-electron chi connectivity index (χ1n) is 3.29. The van der Waals surface area contributed by atoms with Gasteiger partial charge >= 0.3 is 0 Å². The number of hydrogen-bond donors (Lipinski definition) is 1. The van der Waals surface area contributed by atoms with E-state index in [1.54, 1.807) is 13.0 Å². The number of halogens is 1. The Kier molecular flexibility index (Phi) is 2.02. The van der Waals surface area contributed by atoms with Gasteiger partial charge in [-0.25, -0.2) is 4.39 Å². The fourth-order valence-electron chi connectivity index (χ4n) is 0.789. The van der Waals surface area contributed by atoms with Crippen molar-refractivity contribution in [2.75, 3.05) is 7.05 Å². The maximum Gasteiger partial charge on any atom is 0.132 e. The molecule has 54 valence electrons. The monoisotopic (exact) mass is 140 g/mol. The second-order valence-corrected chi connectivity index (χ2v) is 2.30. The fourth-order valence-corrected chi connectivity index (χ4v) is 0.789. The largest absolute Gasteiger partial charge is 0.316 e. The van der Waals surface area contributed by atoms with E-state index in [0.717, 1.165) is 5.69 Å². The number of rotatable bonds is 1. The summed E-state index contributed by atoms with van der Waals surface area (Å²) in [4.78, 5) is 0. The van der Waals surface area contributed by atoms with Gasteiger partial charge < -0.3 is 5.32 Å². The Hall–Kier alpha value is -0.890. The van der Waals surface area contributed by atoms with Crippen molar-refractivity contribution < 1.29 is 9.71 Å². The molecule has 0 atom stereocenters. The second-order valence-electron chi connectivity index (χ2n) is 2.30. The highest BCUT2D eigenvalue weighted by Crippen LogP contribution is 2.08. The highest BCUT2D eigenvalue weighted by Gasteiger charge is 1.98. The molecule has 0 amide bonds. The smallest absolute Gasteiger partial charge is 0.132 e. The average Bonchev–Trinajstić information content (AvgIpc) is 1.95. The summed E-state index contributed by atoms with van der Waals surface area (Å²) in [5.41, 5.74) is 1.63. The maximum absolute atomic E-state index is 12.7. The van der Waals surface area contributed by atoms with E-state index >= 15 is 0 Å². The summed E-state index contributed by atoms with van der Waals surface area (Å²) in [6.45, 7) is 1.76. The minimum Gasteiger partial charge on any atom is -0.316 e. The second kappa shape index (κ2) is 2.80. The van der Waals surface area contributed by atoms with Gasteiger partial charge in [0.2, 0.25) is 0 Å². The van der Waals surface area contributed by atoms with Crippen LogP contribution in [0.4, 0.5) is 10.1 Å². The van der Waals surface area contributed by atoms with E-state index in [1.165, 1.54) is 6.07 Å². The molecule has 2 N–H and O–H groups in total. The normalized spacial score (nSPS) is 9.90. The number of quaternary nitrogens is 1. The molecule has 1 aromatic rings. The van der Waals surface area contributed by atoms with Crippen LogP contribution < -0.4 is 5.32 Å². The molecule has 0 fully saturated rings. The van der Waals surface area contributed by atoms with E-state index in [0.29, 0.717) is 5.56 Å². The van der Waals surface area contributed by atoms with Crippen molar-refractivity contribution in [1.29, 1.82) is 0 Å². The average molecular weight is 140 g/mol. The SMILES string of the molecule is C[NH2+]c1ccc(C)c(F)c1. The molecular formula is C8H11FN+. The number of hydrogen-bond acceptors (Lipinski definition) is 0. The van der Waals surface area contributed by atoms with Crippen LogP contribution >= 0.6 is 0 Å². The van der Waals surface area contributed by atoms with Crippen LogP contribution in [-0.4, -0.2) is 7.05 Å². The molecule has 0 aromatic heterocycles. The standard InChI is InChI=1S/C8H10FN/c1-6-3-4-7(10-2)5-8(6)9/h3-5,10H,1-2H3/p+1. The lowest BCUT2D eigenvalue weighted by molar-refractivity contribution is -0.539. The molecule has 0 heterocycles. The summed E-state index contributed by atoms with van der Waals surface area (Å²) in [6, 6.07) is 5.22. The minimum atomic E-state index is -0.129. The molecule has 0 bridgehead atoms. The van der Waals surface area contributed by atoms with Crippen molar-refractivity contribution in [3.63, 3.8) is 0 Å². The van der Waals surface area contributed by atoms with Gasteiger partial charge in [0.15, 0.2) is 0 Å². The van der Waals surface area contributed by atoms with Gasteiger partial charge in [0.1, 0.15) is 11.5 Å². The summed E-state index contributed by atoms with van der Waals surface area (Å²) >= 11 is 0. The summed E-state index contributed by atoms with van der Waals surface area (Å²) in [5, 5.41) is 1.88. The van der Waals surface area contributed by atoms with Crippen molar-refractivity contribution in [2.45, 2.75) is 6.92 Å². The number of benzene rings is 1. The van der Waals surface area contributed by atoms with E-state index in [4.69, 9.17) is 0 Å². The third-order valence-electron chi connectivity index (χ3n) is 1.53. The minimum absolute atomic E-state index is 0.129. The van der Waals surface area contributed by atoms with Crippen LogP contribution in [0, 0.1) is 12.7 Å². The first-order valence-corrected chi connectivity index (χ1v) is 3.29. The molecule has 0 aliphatic carbocycles. The molecule has 0 aliphatic heterocycles. The topological polar surface area (TPSA) is 16.6 Å². The predicted octanol–water partition coefficient (Wildman–Crippen LogP) is 0.959. The summed E-state index contributed by atoms with van der Waals surface area (Å²) in [7, 11) is 1.89. The lowest BCUT2D eigenvalue weighted by Gasteiger charge is -1.96. The molecule has 0 saturated carbocycles. The van der Waals surface area contributed by atoms with Crippen LogP contribution in [0.3, 0.4) is 0 Å². The molecule has 0 unspecified atom stereocenters. The Morgan fingerprint density at radius 3 is 2.60 bits per heavy atom. The molecule has 0 radical (unpaired) electrons. The van der Waals surface area contributed by atoms with Crippen LogP contribution in [0.2, 0.25) is 0 Å². The number of nitrogens with two attached hydrogens (primary N) is 1. The molecule has 0 aliphatic rings. The zero-order valence-electron chi connectivity index (χ0n) is 6.19. The Bertz CT molecular complexity index is 233. The number of aryl methyl sites for hydroxylation is 1. The summed E-state index contributed by atoms with van der Waals surface area (Å²) in [6.07, 6.45) is 0. The van der Waals surface area contributed by atoms with Gasteiger partial charge in [-0.15, -0.1) is 0 Å². The Balaban J connectivity index is 3.04. The molecule has 1 nitrogen and oxygen atoms in total. The van der Waals surface area contributed by atoms with E-state index in [9.17, 15) is 4.39 Å². The van der Waals surface area contributed by atoms with Gasteiger partial charge in [-0.05, 0) is 18.6 Å². The highest BCUT2D eigenvalue weighted by molar-refractivity contribution is 5.32. The van der Waals surface area contributed by atoms with Crippen LogP contribution in [-0.2, 0) is 0 Å².